The molecule has 3 aromatic carbocycles. The van der Waals surface area contributed by atoms with E-state index in [4.69, 9.17) is 13.9 Å². The minimum Gasteiger partial charge on any atom is -0.507 e. The number of benzene rings is 3. The number of carbonyl (C=O) groups excluding carboxylic acids is 1. The van der Waals surface area contributed by atoms with Crippen molar-refractivity contribution in [2.75, 3.05) is 7.11 Å². The van der Waals surface area contributed by atoms with Gasteiger partial charge in [-0.1, -0.05) is 30.3 Å². The van der Waals surface area contributed by atoms with Crippen molar-refractivity contribution in [3.8, 4) is 28.6 Å². The Labute approximate surface area is 203 Å². The maximum Gasteiger partial charge on any atom is 0.312 e. The molecule has 1 aliphatic heterocycles. The van der Waals surface area contributed by atoms with Crippen LogP contribution in [0.15, 0.2) is 80.7 Å². The number of phenols is 1. The zero-order valence-corrected chi connectivity index (χ0v) is 19.0. The topological polar surface area (TPSA) is 119 Å². The summed E-state index contributed by atoms with van der Waals surface area (Å²) in [4.78, 5) is 41.7. The average Bonchev–Trinajstić information content (AvgIpc) is 2.87. The van der Waals surface area contributed by atoms with Gasteiger partial charge in [-0.15, -0.1) is 0 Å². The van der Waals surface area contributed by atoms with Crippen molar-refractivity contribution in [1.82, 2.24) is 4.98 Å². The summed E-state index contributed by atoms with van der Waals surface area (Å²) in [6.07, 6.45) is -0.148. The van der Waals surface area contributed by atoms with Gasteiger partial charge in [0, 0.05) is 45.6 Å². The lowest BCUT2D eigenvalue weighted by atomic mass is 9.85. The van der Waals surface area contributed by atoms with E-state index in [1.165, 1.54) is 12.1 Å². The Morgan fingerprint density at radius 1 is 1.00 bits per heavy atom. The first kappa shape index (κ1) is 21.7. The molecular formula is C28H19NO7. The summed E-state index contributed by atoms with van der Waals surface area (Å²) < 4.78 is 16.9. The normalized spacial score (nSPS) is 15.0. The number of fused-ring (bicyclic) bond motifs is 4. The Bertz CT molecular complexity index is 1800. The quantitative estimate of drug-likeness (QED) is 0.289. The van der Waals surface area contributed by atoms with Gasteiger partial charge in [0.1, 0.15) is 34.0 Å². The molecule has 2 N–H and O–H groups in total. The first-order valence-corrected chi connectivity index (χ1v) is 11.2. The van der Waals surface area contributed by atoms with Crippen LogP contribution in [0.25, 0.3) is 33.2 Å². The first-order chi connectivity index (χ1) is 17.4. The standard InChI is InChI=1S/C28H19NO7/c1-34-16-7-8-19-15(9-16)10-18(28(33)29-19)17-11-24(32)35-23-13-21(31)26-20(30)12-22(36-27(26)25(17)23)14-5-3-2-4-6-14/h2-10,12-13,17,31H,11H2,1H3,(H,29,33)/t17-/m0/s1. The number of ether oxygens (including phenoxy) is 2. The number of hydrogen-bond acceptors (Lipinski definition) is 7. The van der Waals surface area contributed by atoms with Gasteiger partial charge in [0.15, 0.2) is 5.43 Å². The largest absolute Gasteiger partial charge is 0.507 e. The molecule has 3 heterocycles. The Hall–Kier alpha value is -4.85. The van der Waals surface area contributed by atoms with Crippen LogP contribution >= 0.6 is 0 Å². The fourth-order valence-electron chi connectivity index (χ4n) is 4.76. The molecule has 5 aromatic rings. The molecule has 1 aliphatic rings. The van der Waals surface area contributed by atoms with Crippen molar-refractivity contribution < 1.29 is 23.8 Å². The van der Waals surface area contributed by atoms with Crippen LogP contribution in [0.3, 0.4) is 0 Å². The van der Waals surface area contributed by atoms with Crippen molar-refractivity contribution >= 4 is 27.8 Å². The smallest absolute Gasteiger partial charge is 0.312 e. The van der Waals surface area contributed by atoms with Crippen molar-refractivity contribution in [2.24, 2.45) is 0 Å². The predicted octanol–water partition coefficient (Wildman–Crippen LogP) is 4.46. The Balaban J connectivity index is 1.66. The van der Waals surface area contributed by atoms with E-state index in [-0.39, 0.29) is 40.2 Å². The van der Waals surface area contributed by atoms with Gasteiger partial charge in [-0.05, 0) is 24.3 Å². The minimum absolute atomic E-state index is 0.0414. The molecule has 0 bridgehead atoms. The van der Waals surface area contributed by atoms with Gasteiger partial charge in [-0.25, -0.2) is 0 Å². The highest BCUT2D eigenvalue weighted by atomic mass is 16.5. The molecule has 0 aliphatic carbocycles. The molecule has 8 nitrogen and oxygen atoms in total. The summed E-state index contributed by atoms with van der Waals surface area (Å²) >= 11 is 0. The fraction of sp³-hybridized carbons (Fsp3) is 0.107. The highest BCUT2D eigenvalue weighted by Gasteiger charge is 2.35. The average molecular weight is 481 g/mol. The number of carbonyl (C=O) groups is 1. The highest BCUT2D eigenvalue weighted by molar-refractivity contribution is 5.93. The second-order valence-electron chi connectivity index (χ2n) is 8.59. The molecule has 36 heavy (non-hydrogen) atoms. The van der Waals surface area contributed by atoms with Gasteiger partial charge in [0.2, 0.25) is 0 Å². The molecule has 0 saturated carbocycles. The van der Waals surface area contributed by atoms with Crippen LogP contribution < -0.4 is 20.5 Å². The number of nitrogens with one attached hydrogen (secondary N) is 1. The summed E-state index contributed by atoms with van der Waals surface area (Å²) in [5.41, 5.74) is 1.15. The molecule has 8 heteroatoms. The van der Waals surface area contributed by atoms with Gasteiger partial charge in [-0.3, -0.25) is 14.4 Å². The number of rotatable bonds is 3. The number of phenolic OH excluding ortho intramolecular Hbond substituents is 1. The van der Waals surface area contributed by atoms with Crippen molar-refractivity contribution in [2.45, 2.75) is 12.3 Å². The van der Waals surface area contributed by atoms with E-state index >= 15 is 0 Å². The van der Waals surface area contributed by atoms with E-state index in [1.807, 2.05) is 18.2 Å². The Morgan fingerprint density at radius 2 is 1.81 bits per heavy atom. The Kier molecular flexibility index (Phi) is 4.89. The van der Waals surface area contributed by atoms with Crippen LogP contribution in [0.4, 0.5) is 0 Å². The molecule has 0 unspecified atom stereocenters. The molecule has 0 saturated heterocycles. The van der Waals surface area contributed by atoms with Gasteiger partial charge in [-0.2, -0.15) is 0 Å². The number of aromatic hydroxyl groups is 1. The zero-order chi connectivity index (χ0) is 25.0. The van der Waals surface area contributed by atoms with E-state index in [0.717, 1.165) is 0 Å². The second kappa shape index (κ2) is 8.13. The molecule has 0 spiro atoms. The summed E-state index contributed by atoms with van der Waals surface area (Å²) in [7, 11) is 1.55. The molecule has 0 amide bonds. The fourth-order valence-corrected chi connectivity index (χ4v) is 4.76. The SMILES string of the molecule is COc1ccc2[nH]c(=O)c([C@@H]3CC(=O)Oc4cc(O)c5c(=O)cc(-c6ccccc6)oc5c43)cc2c1. The van der Waals surface area contributed by atoms with E-state index in [0.29, 0.717) is 33.3 Å². The molecular weight excluding hydrogens is 462 g/mol. The van der Waals surface area contributed by atoms with Gasteiger partial charge < -0.3 is 24.0 Å². The molecule has 178 valence electrons. The summed E-state index contributed by atoms with van der Waals surface area (Å²) in [6.45, 7) is 0. The number of esters is 1. The van der Waals surface area contributed by atoms with Gasteiger partial charge in [0.05, 0.1) is 13.5 Å². The summed E-state index contributed by atoms with van der Waals surface area (Å²) in [5, 5.41) is 11.3. The molecule has 6 rings (SSSR count). The van der Waals surface area contributed by atoms with Crippen LogP contribution in [-0.2, 0) is 4.79 Å². The lowest BCUT2D eigenvalue weighted by Crippen LogP contribution is -2.26. The van der Waals surface area contributed by atoms with Crippen molar-refractivity contribution in [1.29, 1.82) is 0 Å². The number of aromatic amines is 1. The lowest BCUT2D eigenvalue weighted by Gasteiger charge is -2.25. The lowest BCUT2D eigenvalue weighted by molar-refractivity contribution is -0.135. The van der Waals surface area contributed by atoms with Crippen LogP contribution in [0.2, 0.25) is 0 Å². The van der Waals surface area contributed by atoms with E-state index in [1.54, 1.807) is 43.5 Å². The molecule has 2 aromatic heterocycles. The maximum absolute atomic E-state index is 13.2. The third kappa shape index (κ3) is 3.42. The number of aromatic nitrogens is 1. The molecule has 0 fully saturated rings. The number of hydrogen-bond donors (Lipinski definition) is 2. The monoisotopic (exact) mass is 481 g/mol. The predicted molar refractivity (Wildman–Crippen MR) is 133 cm³/mol. The summed E-state index contributed by atoms with van der Waals surface area (Å²) in [5.74, 6) is -0.787. The third-order valence-electron chi connectivity index (χ3n) is 6.44. The Morgan fingerprint density at radius 3 is 2.58 bits per heavy atom. The van der Waals surface area contributed by atoms with E-state index in [2.05, 4.69) is 4.98 Å². The first-order valence-electron chi connectivity index (χ1n) is 11.2. The van der Waals surface area contributed by atoms with Crippen LogP contribution in [-0.4, -0.2) is 23.2 Å². The van der Waals surface area contributed by atoms with E-state index in [9.17, 15) is 19.5 Å². The van der Waals surface area contributed by atoms with Crippen molar-refractivity contribution in [3.05, 3.63) is 98.4 Å². The van der Waals surface area contributed by atoms with E-state index < -0.39 is 17.3 Å². The maximum atomic E-state index is 13.2. The molecule has 0 radical (unpaired) electrons. The minimum atomic E-state index is -0.780. The highest BCUT2D eigenvalue weighted by Crippen LogP contribution is 2.45. The van der Waals surface area contributed by atoms with Crippen LogP contribution in [0.5, 0.6) is 17.2 Å². The number of pyridine rings is 1. The van der Waals surface area contributed by atoms with Crippen LogP contribution in [0.1, 0.15) is 23.5 Å². The zero-order valence-electron chi connectivity index (χ0n) is 19.0. The van der Waals surface area contributed by atoms with Crippen LogP contribution in [0, 0.1) is 0 Å². The summed E-state index contributed by atoms with van der Waals surface area (Å²) in [6, 6.07) is 18.5. The van der Waals surface area contributed by atoms with Crippen molar-refractivity contribution in [3.63, 3.8) is 0 Å². The third-order valence-corrected chi connectivity index (χ3v) is 6.44. The second-order valence-corrected chi connectivity index (χ2v) is 8.59. The van der Waals surface area contributed by atoms with Gasteiger partial charge in [0.25, 0.3) is 5.56 Å². The molecule has 1 atom stereocenters. The number of methoxy groups -OCH3 is 1. The number of H-pyrrole nitrogens is 1. The van der Waals surface area contributed by atoms with Gasteiger partial charge >= 0.3 is 5.97 Å².